The normalized spacial score (nSPS) is 19.1. The maximum Gasteiger partial charge on any atom is 0.258 e. The lowest BCUT2D eigenvalue weighted by atomic mass is 9.91. The van der Waals surface area contributed by atoms with Crippen molar-refractivity contribution < 1.29 is 18.4 Å². The fourth-order valence-electron chi connectivity index (χ4n) is 3.15. The molecule has 0 heterocycles. The highest BCUT2D eigenvalue weighted by molar-refractivity contribution is 6.06. The lowest BCUT2D eigenvalue weighted by Crippen LogP contribution is -2.50. The van der Waals surface area contributed by atoms with Gasteiger partial charge in [0.1, 0.15) is 17.2 Å². The number of nitrogens with one attached hydrogen (secondary N) is 1. The van der Waals surface area contributed by atoms with Gasteiger partial charge in [-0.1, -0.05) is 37.3 Å². The van der Waals surface area contributed by atoms with Crippen LogP contribution in [0.2, 0.25) is 0 Å². The summed E-state index contributed by atoms with van der Waals surface area (Å²) in [6.45, 7) is 5.22. The second-order valence-corrected chi connectivity index (χ2v) is 7.45. The number of benzene rings is 2. The summed E-state index contributed by atoms with van der Waals surface area (Å²) in [4.78, 5) is 25.0. The molecular weight excluding hydrogens is 336 g/mol. The first kappa shape index (κ1) is 18.2. The van der Waals surface area contributed by atoms with Gasteiger partial charge in [-0.15, -0.1) is 0 Å². The van der Waals surface area contributed by atoms with E-state index >= 15 is 0 Å². The smallest absolute Gasteiger partial charge is 0.258 e. The van der Waals surface area contributed by atoms with E-state index in [1.165, 1.54) is 25.5 Å². The minimum Gasteiger partial charge on any atom is -0.340 e. The molecule has 26 heavy (non-hydrogen) atoms. The van der Waals surface area contributed by atoms with Gasteiger partial charge in [0.05, 0.1) is 5.54 Å². The second kappa shape index (κ2) is 6.63. The van der Waals surface area contributed by atoms with E-state index < -0.39 is 28.6 Å². The highest BCUT2D eigenvalue weighted by Gasteiger charge is 2.35. The third-order valence-electron chi connectivity index (χ3n) is 4.89. The van der Waals surface area contributed by atoms with Crippen molar-refractivity contribution in [3.63, 3.8) is 0 Å². The SMILES string of the molecule is CC1C[C@@H]1c1ccc(C(=O)C(C)(C)NC(=O)c2c(F)cccc2F)cc1. The van der Waals surface area contributed by atoms with Crippen molar-refractivity contribution in [3.05, 3.63) is 70.8 Å². The van der Waals surface area contributed by atoms with Crippen LogP contribution in [0.4, 0.5) is 8.78 Å². The first-order valence-corrected chi connectivity index (χ1v) is 8.62. The van der Waals surface area contributed by atoms with Crippen molar-refractivity contribution in [2.45, 2.75) is 38.6 Å². The van der Waals surface area contributed by atoms with Crippen molar-refractivity contribution in [2.75, 3.05) is 0 Å². The van der Waals surface area contributed by atoms with Crippen LogP contribution in [-0.2, 0) is 0 Å². The molecule has 2 atom stereocenters. The molecule has 1 unspecified atom stereocenters. The molecule has 0 saturated heterocycles. The van der Waals surface area contributed by atoms with Gasteiger partial charge >= 0.3 is 0 Å². The summed E-state index contributed by atoms with van der Waals surface area (Å²) in [5.41, 5.74) is -0.350. The number of hydrogen-bond donors (Lipinski definition) is 1. The van der Waals surface area contributed by atoms with Gasteiger partial charge in [-0.25, -0.2) is 8.78 Å². The number of amides is 1. The van der Waals surface area contributed by atoms with Crippen molar-refractivity contribution in [2.24, 2.45) is 5.92 Å². The van der Waals surface area contributed by atoms with Crippen molar-refractivity contribution in [1.82, 2.24) is 5.32 Å². The van der Waals surface area contributed by atoms with Crippen LogP contribution in [0, 0.1) is 17.6 Å². The second-order valence-electron chi connectivity index (χ2n) is 7.45. The Balaban J connectivity index is 1.76. The fraction of sp³-hybridized carbons (Fsp3) is 0.333. The van der Waals surface area contributed by atoms with E-state index in [2.05, 4.69) is 12.2 Å². The van der Waals surface area contributed by atoms with Crippen LogP contribution in [0.25, 0.3) is 0 Å². The molecule has 2 aromatic rings. The summed E-state index contributed by atoms with van der Waals surface area (Å²) >= 11 is 0. The van der Waals surface area contributed by atoms with Gasteiger partial charge in [-0.3, -0.25) is 9.59 Å². The summed E-state index contributed by atoms with van der Waals surface area (Å²) < 4.78 is 27.5. The molecule has 1 saturated carbocycles. The topological polar surface area (TPSA) is 46.2 Å². The van der Waals surface area contributed by atoms with Crippen LogP contribution >= 0.6 is 0 Å². The van der Waals surface area contributed by atoms with E-state index in [9.17, 15) is 18.4 Å². The van der Waals surface area contributed by atoms with Gasteiger partial charge in [-0.05, 0) is 49.8 Å². The van der Waals surface area contributed by atoms with E-state index in [1.807, 2.05) is 12.1 Å². The summed E-state index contributed by atoms with van der Waals surface area (Å²) in [5, 5.41) is 2.44. The molecule has 1 amide bonds. The van der Waals surface area contributed by atoms with Crippen molar-refractivity contribution in [1.29, 1.82) is 0 Å². The molecule has 1 fully saturated rings. The Labute approximate surface area is 151 Å². The minimum atomic E-state index is -1.31. The number of halogens is 2. The molecular formula is C21H21F2NO2. The van der Waals surface area contributed by atoms with Crippen molar-refractivity contribution >= 4 is 11.7 Å². The van der Waals surface area contributed by atoms with Crippen molar-refractivity contribution in [3.8, 4) is 0 Å². The highest BCUT2D eigenvalue weighted by atomic mass is 19.1. The number of carbonyl (C=O) groups is 2. The minimum absolute atomic E-state index is 0.321. The molecule has 0 spiro atoms. The van der Waals surface area contributed by atoms with Gasteiger partial charge in [0, 0.05) is 5.56 Å². The van der Waals surface area contributed by atoms with Crippen LogP contribution in [0.3, 0.4) is 0 Å². The summed E-state index contributed by atoms with van der Waals surface area (Å²) in [6, 6.07) is 10.5. The monoisotopic (exact) mass is 357 g/mol. The average molecular weight is 357 g/mol. The quantitative estimate of drug-likeness (QED) is 0.802. The predicted molar refractivity (Wildman–Crippen MR) is 95.2 cm³/mol. The zero-order chi connectivity index (χ0) is 19.1. The summed E-state index contributed by atoms with van der Waals surface area (Å²) in [7, 11) is 0. The summed E-state index contributed by atoms with van der Waals surface area (Å²) in [6.07, 6.45) is 1.16. The number of Topliss-reactive ketones (excluding diaryl/α,β-unsaturated/α-hetero) is 1. The zero-order valence-electron chi connectivity index (χ0n) is 15.0. The van der Waals surface area contributed by atoms with Gasteiger partial charge in [0.2, 0.25) is 0 Å². The first-order valence-electron chi connectivity index (χ1n) is 8.62. The number of ketones is 1. The standard InChI is InChI=1S/C21H21F2NO2/c1-12-11-15(12)13-7-9-14(10-8-13)19(25)21(2,3)24-20(26)18-16(22)5-4-6-17(18)23/h4-10,12,15H,11H2,1-3H3,(H,24,26)/t12?,15-/m0/s1. The Kier molecular flexibility index (Phi) is 4.65. The Hall–Kier alpha value is -2.56. The largest absolute Gasteiger partial charge is 0.340 e. The summed E-state index contributed by atoms with van der Waals surface area (Å²) in [5.74, 6) is -1.98. The zero-order valence-corrected chi connectivity index (χ0v) is 15.0. The van der Waals surface area contributed by atoms with Crippen LogP contribution in [0.5, 0.6) is 0 Å². The number of rotatable bonds is 5. The van der Waals surface area contributed by atoms with Crippen LogP contribution in [0.1, 0.15) is 59.4 Å². The first-order chi connectivity index (χ1) is 12.2. The molecule has 0 radical (unpaired) electrons. The molecule has 3 rings (SSSR count). The molecule has 3 nitrogen and oxygen atoms in total. The van der Waals surface area contributed by atoms with E-state index in [0.717, 1.165) is 18.6 Å². The van der Waals surface area contributed by atoms with Crippen LogP contribution in [0.15, 0.2) is 42.5 Å². The molecule has 136 valence electrons. The molecule has 1 aliphatic rings. The van der Waals surface area contributed by atoms with Crippen LogP contribution < -0.4 is 5.32 Å². The number of carbonyl (C=O) groups excluding carboxylic acids is 2. The molecule has 0 aliphatic heterocycles. The van der Waals surface area contributed by atoms with Gasteiger partial charge in [-0.2, -0.15) is 0 Å². The van der Waals surface area contributed by atoms with E-state index in [0.29, 0.717) is 17.4 Å². The third-order valence-corrected chi connectivity index (χ3v) is 4.89. The molecule has 1 aliphatic carbocycles. The van der Waals surface area contributed by atoms with Gasteiger partial charge < -0.3 is 5.32 Å². The lowest BCUT2D eigenvalue weighted by Gasteiger charge is -2.25. The Morgan fingerprint density at radius 2 is 1.58 bits per heavy atom. The maximum atomic E-state index is 13.8. The van der Waals surface area contributed by atoms with Gasteiger partial charge in [0.15, 0.2) is 5.78 Å². The molecule has 5 heteroatoms. The molecule has 1 N–H and O–H groups in total. The average Bonchev–Trinajstić information content (AvgIpc) is 3.30. The van der Waals surface area contributed by atoms with Crippen LogP contribution in [-0.4, -0.2) is 17.2 Å². The fourth-order valence-corrected chi connectivity index (χ4v) is 3.15. The van der Waals surface area contributed by atoms with E-state index in [1.54, 1.807) is 12.1 Å². The maximum absolute atomic E-state index is 13.8. The number of hydrogen-bond acceptors (Lipinski definition) is 2. The highest BCUT2D eigenvalue weighted by Crippen LogP contribution is 2.46. The third kappa shape index (κ3) is 3.52. The predicted octanol–water partition coefficient (Wildman–Crippen LogP) is 4.48. The van der Waals surface area contributed by atoms with E-state index in [4.69, 9.17) is 0 Å². The molecule has 0 aromatic heterocycles. The van der Waals surface area contributed by atoms with E-state index in [-0.39, 0.29) is 5.78 Å². The Morgan fingerprint density at radius 3 is 2.08 bits per heavy atom. The molecule has 0 bridgehead atoms. The Morgan fingerprint density at radius 1 is 1.04 bits per heavy atom. The van der Waals surface area contributed by atoms with Gasteiger partial charge in [0.25, 0.3) is 5.91 Å². The molecule has 2 aromatic carbocycles. The lowest BCUT2D eigenvalue weighted by molar-refractivity contribution is 0.0793. The Bertz CT molecular complexity index is 839.